The highest BCUT2D eigenvalue weighted by molar-refractivity contribution is 9.10. The van der Waals surface area contributed by atoms with Crippen molar-refractivity contribution in [3.63, 3.8) is 0 Å². The number of anilines is 1. The van der Waals surface area contributed by atoms with Crippen LogP contribution in [0.25, 0.3) is 0 Å². The maximum absolute atomic E-state index is 11.9. The Balaban J connectivity index is 1.98. The summed E-state index contributed by atoms with van der Waals surface area (Å²) in [4.78, 5) is 23.7. The van der Waals surface area contributed by atoms with Gasteiger partial charge in [0.25, 0.3) is 0 Å². The van der Waals surface area contributed by atoms with E-state index in [0.29, 0.717) is 23.6 Å². The third-order valence-electron chi connectivity index (χ3n) is 3.00. The molecule has 2 aromatic rings. The molecule has 0 saturated carbocycles. The van der Waals surface area contributed by atoms with E-state index >= 15 is 0 Å². The molecule has 0 bridgehead atoms. The summed E-state index contributed by atoms with van der Waals surface area (Å²) in [5, 5.41) is 15.8. The molecule has 0 aliphatic rings. The van der Waals surface area contributed by atoms with Crippen LogP contribution in [-0.2, 0) is 9.59 Å². The molecule has 2 amide bonds. The van der Waals surface area contributed by atoms with Crippen molar-refractivity contribution in [2.45, 2.75) is 6.92 Å². The second-order valence-corrected chi connectivity index (χ2v) is 5.70. The van der Waals surface area contributed by atoms with E-state index in [1.165, 1.54) is 12.3 Å². The van der Waals surface area contributed by atoms with Gasteiger partial charge in [-0.3, -0.25) is 9.59 Å². The lowest BCUT2D eigenvalue weighted by Gasteiger charge is -2.10. The number of carbonyl (C=O) groups excluding carboxylic acids is 2. The molecule has 0 saturated heterocycles. The number of phenolic OH excluding ortho intramolecular Hbond substituents is 1. The fourth-order valence-electron chi connectivity index (χ4n) is 1.87. The molecule has 2 rings (SSSR count). The van der Waals surface area contributed by atoms with Gasteiger partial charge in [-0.15, -0.1) is 0 Å². The first-order valence-corrected chi connectivity index (χ1v) is 8.15. The van der Waals surface area contributed by atoms with Gasteiger partial charge in [-0.1, -0.05) is 28.1 Å². The molecule has 0 unspecified atom stereocenters. The maximum Gasteiger partial charge on any atom is 0.329 e. The lowest BCUT2D eigenvalue weighted by molar-refractivity contribution is -0.136. The van der Waals surface area contributed by atoms with Gasteiger partial charge in [0.05, 0.1) is 18.5 Å². The molecule has 0 heterocycles. The molecule has 3 N–H and O–H groups in total. The van der Waals surface area contributed by atoms with Gasteiger partial charge in [-0.05, 0) is 37.3 Å². The SMILES string of the molecule is CCOc1ccccc1NC(=O)C(=O)N/N=C/c1cc(Br)ccc1O. The van der Waals surface area contributed by atoms with Gasteiger partial charge in [0.15, 0.2) is 0 Å². The molecule has 0 atom stereocenters. The predicted molar refractivity (Wildman–Crippen MR) is 97.8 cm³/mol. The largest absolute Gasteiger partial charge is 0.507 e. The van der Waals surface area contributed by atoms with Gasteiger partial charge in [-0.25, -0.2) is 5.43 Å². The summed E-state index contributed by atoms with van der Waals surface area (Å²) in [6, 6.07) is 11.5. The summed E-state index contributed by atoms with van der Waals surface area (Å²) in [5.41, 5.74) is 2.87. The Hall–Kier alpha value is -2.87. The summed E-state index contributed by atoms with van der Waals surface area (Å²) in [6.07, 6.45) is 1.24. The average Bonchev–Trinajstić information content (AvgIpc) is 2.59. The van der Waals surface area contributed by atoms with Crippen molar-refractivity contribution in [1.29, 1.82) is 0 Å². The molecule has 0 aromatic heterocycles. The van der Waals surface area contributed by atoms with Crippen LogP contribution in [0.4, 0.5) is 5.69 Å². The monoisotopic (exact) mass is 405 g/mol. The minimum absolute atomic E-state index is 0.00343. The van der Waals surface area contributed by atoms with Gasteiger partial charge in [0.2, 0.25) is 0 Å². The zero-order chi connectivity index (χ0) is 18.2. The molecule has 8 heteroatoms. The molecule has 7 nitrogen and oxygen atoms in total. The van der Waals surface area contributed by atoms with Gasteiger partial charge in [0, 0.05) is 10.0 Å². The number of nitrogens with zero attached hydrogens (tertiary/aromatic N) is 1. The Labute approximate surface area is 152 Å². The van der Waals surface area contributed by atoms with E-state index in [1.807, 2.05) is 6.92 Å². The van der Waals surface area contributed by atoms with E-state index in [1.54, 1.807) is 36.4 Å². The average molecular weight is 406 g/mol. The first-order chi connectivity index (χ1) is 12.0. The van der Waals surface area contributed by atoms with Crippen LogP contribution >= 0.6 is 15.9 Å². The summed E-state index contributed by atoms with van der Waals surface area (Å²) < 4.78 is 6.11. The number of benzene rings is 2. The minimum atomic E-state index is -0.947. The standard InChI is InChI=1S/C17H16BrN3O4/c1-2-25-15-6-4-3-5-13(15)20-16(23)17(24)21-19-10-11-9-12(18)7-8-14(11)22/h3-10,22H,2H2,1H3,(H,20,23)(H,21,24)/b19-10+. The Bertz CT molecular complexity index is 808. The second kappa shape index (κ2) is 8.84. The molecule has 0 aliphatic carbocycles. The van der Waals surface area contributed by atoms with E-state index in [4.69, 9.17) is 4.74 Å². The summed E-state index contributed by atoms with van der Waals surface area (Å²) >= 11 is 3.26. The molecule has 0 aliphatic heterocycles. The molecule has 0 spiro atoms. The molecule has 130 valence electrons. The normalized spacial score (nSPS) is 10.5. The molecular formula is C17H16BrN3O4. The molecule has 2 aromatic carbocycles. The van der Waals surface area contributed by atoms with Crippen molar-refractivity contribution >= 4 is 39.6 Å². The smallest absolute Gasteiger partial charge is 0.329 e. The van der Waals surface area contributed by atoms with Crippen LogP contribution < -0.4 is 15.5 Å². The highest BCUT2D eigenvalue weighted by Gasteiger charge is 2.15. The van der Waals surface area contributed by atoms with Crippen LogP contribution in [0.2, 0.25) is 0 Å². The summed E-state index contributed by atoms with van der Waals surface area (Å²) in [5.74, 6) is -1.37. The van der Waals surface area contributed by atoms with E-state index in [0.717, 1.165) is 4.47 Å². The van der Waals surface area contributed by atoms with Crippen molar-refractivity contribution in [2.24, 2.45) is 5.10 Å². The van der Waals surface area contributed by atoms with Crippen molar-refractivity contribution in [3.05, 3.63) is 52.5 Å². The number of amides is 2. The number of hydrogen-bond acceptors (Lipinski definition) is 5. The number of para-hydroxylation sites is 2. The highest BCUT2D eigenvalue weighted by Crippen LogP contribution is 2.23. The number of aromatic hydroxyl groups is 1. The zero-order valence-electron chi connectivity index (χ0n) is 13.3. The summed E-state index contributed by atoms with van der Waals surface area (Å²) in [7, 11) is 0. The van der Waals surface area contributed by atoms with Crippen LogP contribution in [0.15, 0.2) is 52.0 Å². The summed E-state index contributed by atoms with van der Waals surface area (Å²) in [6.45, 7) is 2.25. The fourth-order valence-corrected chi connectivity index (χ4v) is 2.25. The topological polar surface area (TPSA) is 100 Å². The van der Waals surface area contributed by atoms with Gasteiger partial charge < -0.3 is 15.2 Å². The fraction of sp³-hybridized carbons (Fsp3) is 0.118. The molecule has 0 fully saturated rings. The van der Waals surface area contributed by atoms with Crippen molar-refractivity contribution in [1.82, 2.24) is 5.43 Å². The Kier molecular flexibility index (Phi) is 6.53. The van der Waals surface area contributed by atoms with Crippen LogP contribution in [0, 0.1) is 0 Å². The van der Waals surface area contributed by atoms with Crippen LogP contribution in [-0.4, -0.2) is 29.7 Å². The lowest BCUT2D eigenvalue weighted by atomic mass is 10.2. The number of rotatable bonds is 5. The van der Waals surface area contributed by atoms with E-state index in [2.05, 4.69) is 31.8 Å². The first kappa shape index (κ1) is 18.5. The maximum atomic E-state index is 11.9. The van der Waals surface area contributed by atoms with E-state index in [9.17, 15) is 14.7 Å². The van der Waals surface area contributed by atoms with Crippen LogP contribution in [0.5, 0.6) is 11.5 Å². The number of nitrogens with one attached hydrogen (secondary N) is 2. The third kappa shape index (κ3) is 5.32. The van der Waals surface area contributed by atoms with Gasteiger partial charge >= 0.3 is 11.8 Å². The van der Waals surface area contributed by atoms with Crippen molar-refractivity contribution < 1.29 is 19.4 Å². The van der Waals surface area contributed by atoms with Crippen LogP contribution in [0.1, 0.15) is 12.5 Å². The number of carbonyl (C=O) groups is 2. The number of phenols is 1. The van der Waals surface area contributed by atoms with Gasteiger partial charge in [0.1, 0.15) is 11.5 Å². The van der Waals surface area contributed by atoms with Crippen molar-refractivity contribution in [2.75, 3.05) is 11.9 Å². The van der Waals surface area contributed by atoms with E-state index in [-0.39, 0.29) is 5.75 Å². The Morgan fingerprint density at radius 2 is 2.00 bits per heavy atom. The highest BCUT2D eigenvalue weighted by atomic mass is 79.9. The van der Waals surface area contributed by atoms with Crippen molar-refractivity contribution in [3.8, 4) is 11.5 Å². The lowest BCUT2D eigenvalue weighted by Crippen LogP contribution is -2.32. The number of halogens is 1. The van der Waals surface area contributed by atoms with Gasteiger partial charge in [-0.2, -0.15) is 5.10 Å². The Morgan fingerprint density at radius 3 is 2.76 bits per heavy atom. The number of ether oxygens (including phenoxy) is 1. The molecular weight excluding hydrogens is 390 g/mol. The predicted octanol–water partition coefficient (Wildman–Crippen LogP) is 2.64. The van der Waals surface area contributed by atoms with E-state index < -0.39 is 11.8 Å². The first-order valence-electron chi connectivity index (χ1n) is 7.36. The Morgan fingerprint density at radius 1 is 1.24 bits per heavy atom. The zero-order valence-corrected chi connectivity index (χ0v) is 14.9. The third-order valence-corrected chi connectivity index (χ3v) is 3.49. The molecule has 25 heavy (non-hydrogen) atoms. The number of hydrogen-bond donors (Lipinski definition) is 3. The van der Waals surface area contributed by atoms with Crippen LogP contribution in [0.3, 0.4) is 0 Å². The molecule has 0 radical (unpaired) electrons. The second-order valence-electron chi connectivity index (χ2n) is 4.79. The minimum Gasteiger partial charge on any atom is -0.507 e. The quantitative estimate of drug-likeness (QED) is 0.404. The number of hydrazone groups is 1.